The molecule has 2 heterocycles. The molecule has 8 nitrogen and oxygen atoms in total. The van der Waals surface area contributed by atoms with Gasteiger partial charge in [-0.2, -0.15) is 0 Å². The van der Waals surface area contributed by atoms with Gasteiger partial charge in [-0.1, -0.05) is 6.92 Å². The van der Waals surface area contributed by atoms with Gasteiger partial charge in [0.05, 0.1) is 4.90 Å². The van der Waals surface area contributed by atoms with Crippen LogP contribution in [0.15, 0.2) is 47.4 Å². The molecule has 1 fully saturated rings. The molecule has 0 spiro atoms. The van der Waals surface area contributed by atoms with E-state index in [1.807, 2.05) is 0 Å². The first kappa shape index (κ1) is 21.3. The first-order chi connectivity index (χ1) is 14.9. The number of hydrogen-bond donors (Lipinski definition) is 2. The van der Waals surface area contributed by atoms with Crippen molar-refractivity contribution in [2.24, 2.45) is 0 Å². The summed E-state index contributed by atoms with van der Waals surface area (Å²) >= 11 is 0. The Morgan fingerprint density at radius 1 is 1.13 bits per heavy atom. The van der Waals surface area contributed by atoms with Crippen LogP contribution in [0.5, 0.6) is 0 Å². The third-order valence-corrected chi connectivity index (χ3v) is 6.87. The Morgan fingerprint density at radius 2 is 1.87 bits per heavy atom. The van der Waals surface area contributed by atoms with Crippen LogP contribution < -0.4 is 14.9 Å². The van der Waals surface area contributed by atoms with Gasteiger partial charge in [0.25, 0.3) is 15.9 Å². The summed E-state index contributed by atoms with van der Waals surface area (Å²) in [5.41, 5.74) is 2.71. The fourth-order valence-electron chi connectivity index (χ4n) is 3.82. The lowest BCUT2D eigenvalue weighted by molar-refractivity contribution is -0.127. The molecule has 2 aromatic rings. The summed E-state index contributed by atoms with van der Waals surface area (Å²) in [7, 11) is -3.79. The fourth-order valence-corrected chi connectivity index (χ4v) is 4.87. The molecular weight excluding hydrogens is 418 g/mol. The summed E-state index contributed by atoms with van der Waals surface area (Å²) < 4.78 is 33.6. The minimum Gasteiger partial charge on any atom is -0.368 e. The molecule has 1 saturated heterocycles. The number of rotatable bonds is 6. The lowest BCUT2D eigenvalue weighted by Crippen LogP contribution is -2.37. The van der Waals surface area contributed by atoms with Crippen LogP contribution in [0.1, 0.15) is 31.7 Å². The van der Waals surface area contributed by atoms with E-state index in [1.165, 1.54) is 12.1 Å². The summed E-state index contributed by atoms with van der Waals surface area (Å²) in [5, 5.41) is 2.69. The monoisotopic (exact) mass is 443 g/mol. The number of nitrogens with one attached hydrogen (secondary N) is 2. The average Bonchev–Trinajstić information content (AvgIpc) is 3.43. The molecule has 2 N–H and O–H groups in total. The molecule has 0 aromatic heterocycles. The highest BCUT2D eigenvalue weighted by atomic mass is 32.2. The van der Waals surface area contributed by atoms with Crippen molar-refractivity contribution in [2.45, 2.75) is 43.6 Å². The molecule has 2 aliphatic heterocycles. The van der Waals surface area contributed by atoms with Gasteiger partial charge in [0, 0.05) is 36.6 Å². The number of amides is 2. The third kappa shape index (κ3) is 4.57. The minimum atomic E-state index is -3.79. The van der Waals surface area contributed by atoms with Crippen molar-refractivity contribution in [1.29, 1.82) is 0 Å². The second-order valence-electron chi connectivity index (χ2n) is 7.62. The van der Waals surface area contributed by atoms with Crippen LogP contribution in [-0.4, -0.2) is 39.5 Å². The maximum atomic E-state index is 12.8. The second kappa shape index (κ2) is 8.68. The molecule has 31 heavy (non-hydrogen) atoms. The van der Waals surface area contributed by atoms with Gasteiger partial charge >= 0.3 is 0 Å². The Hall–Kier alpha value is -2.91. The van der Waals surface area contributed by atoms with Crippen molar-refractivity contribution in [3.8, 4) is 0 Å². The van der Waals surface area contributed by atoms with Crippen molar-refractivity contribution in [2.75, 3.05) is 28.1 Å². The molecule has 164 valence electrons. The van der Waals surface area contributed by atoms with Gasteiger partial charge in [-0.05, 0) is 67.3 Å². The first-order valence-corrected chi connectivity index (χ1v) is 11.8. The Bertz CT molecular complexity index is 1090. The van der Waals surface area contributed by atoms with Crippen LogP contribution in [0.3, 0.4) is 0 Å². The molecule has 9 heteroatoms. The number of sulfonamides is 1. The van der Waals surface area contributed by atoms with E-state index in [1.54, 1.807) is 42.2 Å². The highest BCUT2D eigenvalue weighted by molar-refractivity contribution is 7.92. The predicted molar refractivity (Wildman–Crippen MR) is 118 cm³/mol. The molecular formula is C22H25N3O5S. The quantitative estimate of drug-likeness (QED) is 0.714. The first-order valence-electron chi connectivity index (χ1n) is 10.4. The molecule has 2 aliphatic rings. The Kier molecular flexibility index (Phi) is 5.97. The molecule has 2 aromatic carbocycles. The van der Waals surface area contributed by atoms with Gasteiger partial charge in [0.1, 0.15) is 6.10 Å². The van der Waals surface area contributed by atoms with Crippen LogP contribution >= 0.6 is 0 Å². The van der Waals surface area contributed by atoms with Gasteiger partial charge in [-0.15, -0.1) is 0 Å². The van der Waals surface area contributed by atoms with E-state index in [2.05, 4.69) is 10.0 Å². The van der Waals surface area contributed by atoms with Gasteiger partial charge < -0.3 is 15.0 Å². The van der Waals surface area contributed by atoms with Crippen molar-refractivity contribution in [3.63, 3.8) is 0 Å². The van der Waals surface area contributed by atoms with Crippen LogP contribution in [0.25, 0.3) is 0 Å². The van der Waals surface area contributed by atoms with Gasteiger partial charge in [0.15, 0.2) is 0 Å². The van der Waals surface area contributed by atoms with Crippen LogP contribution in [-0.2, 0) is 30.8 Å². The zero-order valence-corrected chi connectivity index (χ0v) is 18.1. The topological polar surface area (TPSA) is 105 Å². The summed E-state index contributed by atoms with van der Waals surface area (Å²) in [4.78, 5) is 26.0. The van der Waals surface area contributed by atoms with Crippen molar-refractivity contribution in [3.05, 3.63) is 48.0 Å². The largest absolute Gasteiger partial charge is 0.368 e. The zero-order chi connectivity index (χ0) is 22.0. The second-order valence-corrected chi connectivity index (χ2v) is 9.30. The summed E-state index contributed by atoms with van der Waals surface area (Å²) in [6.45, 7) is 2.92. The molecule has 0 aliphatic carbocycles. The Balaban J connectivity index is 1.47. The van der Waals surface area contributed by atoms with E-state index < -0.39 is 10.0 Å². The van der Waals surface area contributed by atoms with E-state index in [0.717, 1.165) is 24.1 Å². The standard InChI is InChI=1S/C22H25N3O5S/c1-2-21(26)23-16-5-8-18(9-6-16)31(28,29)24-17-7-10-19-15(14-17)11-12-25(19)22(27)20-4-3-13-30-20/h5-10,14,20,24H,2-4,11-13H2,1H3,(H,23,26). The Labute approximate surface area is 181 Å². The number of carbonyl (C=O) groups excluding carboxylic acids is 2. The maximum Gasteiger partial charge on any atom is 0.261 e. The van der Waals surface area contributed by atoms with Gasteiger partial charge in [-0.25, -0.2) is 8.42 Å². The normalized spacial score (nSPS) is 18.0. The molecule has 4 rings (SSSR count). The number of anilines is 3. The van der Waals surface area contributed by atoms with Crippen molar-refractivity contribution in [1.82, 2.24) is 0 Å². The van der Waals surface area contributed by atoms with E-state index in [4.69, 9.17) is 4.74 Å². The van der Waals surface area contributed by atoms with Crippen molar-refractivity contribution < 1.29 is 22.7 Å². The lowest BCUT2D eigenvalue weighted by Gasteiger charge is -2.21. The highest BCUT2D eigenvalue weighted by Crippen LogP contribution is 2.33. The highest BCUT2D eigenvalue weighted by Gasteiger charge is 2.32. The van der Waals surface area contributed by atoms with Crippen LogP contribution in [0.4, 0.5) is 17.1 Å². The molecule has 0 saturated carbocycles. The Morgan fingerprint density at radius 3 is 2.55 bits per heavy atom. The minimum absolute atomic E-state index is 0.0279. The van der Waals surface area contributed by atoms with Gasteiger partial charge in [0.2, 0.25) is 5.91 Å². The number of nitrogens with zero attached hydrogens (tertiary/aromatic N) is 1. The fraction of sp³-hybridized carbons (Fsp3) is 0.364. The number of benzene rings is 2. The summed E-state index contributed by atoms with van der Waals surface area (Å²) in [5.74, 6) is -0.168. The molecule has 1 unspecified atom stereocenters. The molecule has 2 amide bonds. The third-order valence-electron chi connectivity index (χ3n) is 5.47. The molecule has 0 bridgehead atoms. The van der Waals surface area contributed by atoms with Crippen LogP contribution in [0, 0.1) is 0 Å². The molecule has 0 radical (unpaired) electrons. The summed E-state index contributed by atoms with van der Waals surface area (Å²) in [6, 6.07) is 11.2. The van der Waals surface area contributed by atoms with Crippen LogP contribution in [0.2, 0.25) is 0 Å². The number of ether oxygens (including phenoxy) is 1. The smallest absolute Gasteiger partial charge is 0.261 e. The number of hydrogen-bond acceptors (Lipinski definition) is 5. The average molecular weight is 444 g/mol. The number of fused-ring (bicyclic) bond motifs is 1. The van der Waals surface area contributed by atoms with E-state index in [-0.39, 0.29) is 22.8 Å². The van der Waals surface area contributed by atoms with Crippen molar-refractivity contribution >= 4 is 38.9 Å². The summed E-state index contributed by atoms with van der Waals surface area (Å²) in [6.07, 6.45) is 2.26. The number of carbonyl (C=O) groups is 2. The van der Waals surface area contributed by atoms with Gasteiger partial charge in [-0.3, -0.25) is 14.3 Å². The zero-order valence-electron chi connectivity index (χ0n) is 17.3. The maximum absolute atomic E-state index is 12.8. The predicted octanol–water partition coefficient (Wildman–Crippen LogP) is 2.90. The van der Waals surface area contributed by atoms with E-state index >= 15 is 0 Å². The van der Waals surface area contributed by atoms with E-state index in [9.17, 15) is 18.0 Å². The molecule has 1 atom stereocenters. The lowest BCUT2D eigenvalue weighted by atomic mass is 10.1. The SMILES string of the molecule is CCC(=O)Nc1ccc(S(=O)(=O)Nc2ccc3c(c2)CCN3C(=O)C2CCCO2)cc1. The van der Waals surface area contributed by atoms with E-state index in [0.29, 0.717) is 37.4 Å².